The van der Waals surface area contributed by atoms with Crippen LogP contribution in [0.4, 0.5) is 0 Å². The molecule has 0 spiro atoms. The molecule has 0 radical (unpaired) electrons. The van der Waals surface area contributed by atoms with E-state index in [0.29, 0.717) is 12.3 Å². The molecule has 0 bridgehead atoms. The SMILES string of the molecule is CC(C)(C)C(=O)C(=O)CC1CC1. The van der Waals surface area contributed by atoms with Gasteiger partial charge in [-0.15, -0.1) is 0 Å². The first-order valence-electron chi connectivity index (χ1n) is 4.49. The smallest absolute Gasteiger partial charge is 0.203 e. The highest BCUT2D eigenvalue weighted by Crippen LogP contribution is 2.33. The minimum atomic E-state index is -0.494. The van der Waals surface area contributed by atoms with Gasteiger partial charge >= 0.3 is 0 Å². The van der Waals surface area contributed by atoms with E-state index in [0.717, 1.165) is 12.8 Å². The topological polar surface area (TPSA) is 34.1 Å². The normalized spacial score (nSPS) is 17.6. The largest absolute Gasteiger partial charge is 0.291 e. The van der Waals surface area contributed by atoms with Crippen molar-refractivity contribution in [1.82, 2.24) is 0 Å². The van der Waals surface area contributed by atoms with Crippen LogP contribution in [-0.4, -0.2) is 11.6 Å². The molecule has 1 aliphatic rings. The molecule has 0 aromatic heterocycles. The zero-order valence-corrected chi connectivity index (χ0v) is 8.02. The lowest BCUT2D eigenvalue weighted by Gasteiger charge is -2.14. The maximum atomic E-state index is 11.4. The van der Waals surface area contributed by atoms with E-state index in [1.54, 1.807) is 20.8 Å². The van der Waals surface area contributed by atoms with Crippen LogP contribution in [0.15, 0.2) is 0 Å². The summed E-state index contributed by atoms with van der Waals surface area (Å²) in [6.07, 6.45) is 2.74. The van der Waals surface area contributed by atoms with Gasteiger partial charge < -0.3 is 0 Å². The van der Waals surface area contributed by atoms with Gasteiger partial charge in [0.1, 0.15) is 0 Å². The summed E-state index contributed by atoms with van der Waals surface area (Å²) in [6, 6.07) is 0. The van der Waals surface area contributed by atoms with Crippen molar-refractivity contribution in [3.8, 4) is 0 Å². The van der Waals surface area contributed by atoms with Gasteiger partial charge in [0.15, 0.2) is 5.78 Å². The van der Waals surface area contributed by atoms with E-state index in [-0.39, 0.29) is 11.6 Å². The average Bonchev–Trinajstić information content (AvgIpc) is 2.68. The number of hydrogen-bond acceptors (Lipinski definition) is 2. The van der Waals surface area contributed by atoms with Crippen LogP contribution in [0.5, 0.6) is 0 Å². The molecule has 12 heavy (non-hydrogen) atoms. The van der Waals surface area contributed by atoms with Gasteiger partial charge in [0.25, 0.3) is 0 Å². The predicted octanol–water partition coefficient (Wildman–Crippen LogP) is 1.97. The standard InChI is InChI=1S/C10H16O2/c1-10(2,3)9(12)8(11)6-7-4-5-7/h7H,4-6H2,1-3H3. The molecule has 0 atom stereocenters. The van der Waals surface area contributed by atoms with Crippen molar-refractivity contribution in [2.24, 2.45) is 11.3 Å². The molecule has 0 N–H and O–H groups in total. The summed E-state index contributed by atoms with van der Waals surface area (Å²) >= 11 is 0. The molecule has 1 fully saturated rings. The zero-order chi connectivity index (χ0) is 9.35. The Labute approximate surface area is 73.3 Å². The van der Waals surface area contributed by atoms with Gasteiger partial charge in [-0.25, -0.2) is 0 Å². The Kier molecular flexibility index (Phi) is 2.36. The number of hydrogen-bond donors (Lipinski definition) is 0. The Morgan fingerprint density at radius 3 is 2.08 bits per heavy atom. The Balaban J connectivity index is 2.45. The Hall–Kier alpha value is -0.660. The third-order valence-corrected chi connectivity index (χ3v) is 2.11. The van der Waals surface area contributed by atoms with Crippen molar-refractivity contribution in [2.45, 2.75) is 40.0 Å². The number of rotatable bonds is 3. The number of Topliss-reactive ketones (excluding diaryl/α,β-unsaturated/α-hetero) is 2. The molecule has 0 aliphatic heterocycles. The molecule has 2 heteroatoms. The minimum Gasteiger partial charge on any atom is -0.291 e. The van der Waals surface area contributed by atoms with Crippen LogP contribution >= 0.6 is 0 Å². The van der Waals surface area contributed by atoms with Crippen LogP contribution in [0, 0.1) is 11.3 Å². The molecule has 1 aliphatic carbocycles. The fraction of sp³-hybridized carbons (Fsp3) is 0.800. The summed E-state index contributed by atoms with van der Waals surface area (Å²) in [5, 5.41) is 0. The van der Waals surface area contributed by atoms with Gasteiger partial charge in [0.05, 0.1) is 0 Å². The van der Waals surface area contributed by atoms with Gasteiger partial charge in [0.2, 0.25) is 5.78 Å². The van der Waals surface area contributed by atoms with Crippen LogP contribution in [0.25, 0.3) is 0 Å². The van der Waals surface area contributed by atoms with Gasteiger partial charge in [-0.1, -0.05) is 20.8 Å². The van der Waals surface area contributed by atoms with E-state index in [9.17, 15) is 9.59 Å². The molecule has 1 rings (SSSR count). The lowest BCUT2D eigenvalue weighted by molar-refractivity contribution is -0.141. The summed E-state index contributed by atoms with van der Waals surface area (Å²) in [5.41, 5.74) is -0.494. The van der Waals surface area contributed by atoms with E-state index in [4.69, 9.17) is 0 Å². The van der Waals surface area contributed by atoms with Crippen molar-refractivity contribution >= 4 is 11.6 Å². The van der Waals surface area contributed by atoms with Crippen molar-refractivity contribution in [3.63, 3.8) is 0 Å². The van der Waals surface area contributed by atoms with Crippen molar-refractivity contribution in [1.29, 1.82) is 0 Å². The Bertz CT molecular complexity index is 206. The van der Waals surface area contributed by atoms with Crippen LogP contribution < -0.4 is 0 Å². The van der Waals surface area contributed by atoms with E-state index in [2.05, 4.69) is 0 Å². The van der Waals surface area contributed by atoms with Gasteiger partial charge in [-0.05, 0) is 18.8 Å². The lowest BCUT2D eigenvalue weighted by atomic mass is 9.87. The molecule has 0 saturated heterocycles. The Morgan fingerprint density at radius 2 is 1.75 bits per heavy atom. The summed E-state index contributed by atoms with van der Waals surface area (Å²) in [4.78, 5) is 22.7. The van der Waals surface area contributed by atoms with Gasteiger partial charge in [-0.3, -0.25) is 9.59 Å². The third-order valence-electron chi connectivity index (χ3n) is 2.11. The van der Waals surface area contributed by atoms with Crippen LogP contribution in [0.3, 0.4) is 0 Å². The Morgan fingerprint density at radius 1 is 1.25 bits per heavy atom. The molecule has 0 heterocycles. The molecule has 68 valence electrons. The molecular weight excluding hydrogens is 152 g/mol. The minimum absolute atomic E-state index is 0.176. The quantitative estimate of drug-likeness (QED) is 0.604. The van der Waals surface area contributed by atoms with Crippen LogP contribution in [0.2, 0.25) is 0 Å². The van der Waals surface area contributed by atoms with E-state index < -0.39 is 5.41 Å². The fourth-order valence-corrected chi connectivity index (χ4v) is 1.10. The number of ketones is 2. The predicted molar refractivity (Wildman–Crippen MR) is 46.8 cm³/mol. The highest BCUT2D eigenvalue weighted by molar-refractivity contribution is 6.38. The van der Waals surface area contributed by atoms with E-state index in [1.807, 2.05) is 0 Å². The first-order chi connectivity index (χ1) is 5.41. The van der Waals surface area contributed by atoms with Gasteiger partial charge in [-0.2, -0.15) is 0 Å². The fourth-order valence-electron chi connectivity index (χ4n) is 1.10. The van der Waals surface area contributed by atoms with Gasteiger partial charge in [0, 0.05) is 11.8 Å². The van der Waals surface area contributed by atoms with Crippen molar-refractivity contribution < 1.29 is 9.59 Å². The molecule has 0 unspecified atom stereocenters. The third kappa shape index (κ3) is 2.43. The second-order valence-corrected chi connectivity index (χ2v) is 4.65. The highest BCUT2D eigenvalue weighted by Gasteiger charge is 2.32. The summed E-state index contributed by atoms with van der Waals surface area (Å²) in [6.45, 7) is 5.38. The molecule has 2 nitrogen and oxygen atoms in total. The maximum Gasteiger partial charge on any atom is 0.203 e. The molecule has 0 amide bonds. The molecular formula is C10H16O2. The second-order valence-electron chi connectivity index (χ2n) is 4.65. The van der Waals surface area contributed by atoms with E-state index in [1.165, 1.54) is 0 Å². The van der Waals surface area contributed by atoms with Crippen molar-refractivity contribution in [3.05, 3.63) is 0 Å². The zero-order valence-electron chi connectivity index (χ0n) is 8.02. The molecule has 1 saturated carbocycles. The second kappa shape index (κ2) is 3.00. The number of carbonyl (C=O) groups excluding carboxylic acids is 2. The van der Waals surface area contributed by atoms with Crippen LogP contribution in [-0.2, 0) is 9.59 Å². The molecule has 0 aromatic carbocycles. The van der Waals surface area contributed by atoms with Crippen molar-refractivity contribution in [2.75, 3.05) is 0 Å². The van der Waals surface area contributed by atoms with Crippen LogP contribution in [0.1, 0.15) is 40.0 Å². The maximum absolute atomic E-state index is 11.4. The highest BCUT2D eigenvalue weighted by atomic mass is 16.2. The number of carbonyl (C=O) groups is 2. The first-order valence-corrected chi connectivity index (χ1v) is 4.49. The summed E-state index contributed by atoms with van der Waals surface area (Å²) in [5.74, 6) is 0.128. The lowest BCUT2D eigenvalue weighted by Crippen LogP contribution is -2.28. The monoisotopic (exact) mass is 168 g/mol. The molecule has 0 aromatic rings. The average molecular weight is 168 g/mol. The first kappa shape index (κ1) is 9.43. The summed E-state index contributed by atoms with van der Waals surface area (Å²) in [7, 11) is 0. The summed E-state index contributed by atoms with van der Waals surface area (Å²) < 4.78 is 0. The van der Waals surface area contributed by atoms with E-state index >= 15 is 0 Å².